The van der Waals surface area contributed by atoms with E-state index in [-0.39, 0.29) is 0 Å². The van der Waals surface area contributed by atoms with Crippen LogP contribution in [0.3, 0.4) is 0 Å². The topological polar surface area (TPSA) is 17.1 Å². The lowest BCUT2D eigenvalue weighted by molar-refractivity contribution is -0.113. The molecule has 0 bridgehead atoms. The van der Waals surface area contributed by atoms with Gasteiger partial charge in [-0.25, -0.2) is 0 Å². The molecule has 0 amide bonds. The van der Waals surface area contributed by atoms with Crippen LogP contribution in [-0.4, -0.2) is 6.29 Å². The Morgan fingerprint density at radius 3 is 2.32 bits per heavy atom. The minimum Gasteiger partial charge on any atom is -0.303 e. The maximum atomic E-state index is 11.1. The van der Waals surface area contributed by atoms with E-state index in [9.17, 15) is 4.79 Å². The third-order valence-corrected chi connectivity index (χ3v) is 6.37. The summed E-state index contributed by atoms with van der Waals surface area (Å²) in [6.07, 6.45) is 22.1. The standard InChI is InChI=1S/C21H38O/c1-18-10-9-12-19(16-18)11-5-3-2-4-6-13-20-14-7-8-15-21(20)17-22/h17-21H,2-16H2,1H3. The molecule has 4 atom stereocenters. The van der Waals surface area contributed by atoms with Gasteiger partial charge < -0.3 is 4.79 Å². The monoisotopic (exact) mass is 306 g/mol. The zero-order chi connectivity index (χ0) is 15.6. The molecular weight excluding hydrogens is 268 g/mol. The van der Waals surface area contributed by atoms with E-state index < -0.39 is 0 Å². The van der Waals surface area contributed by atoms with Crippen LogP contribution >= 0.6 is 0 Å². The van der Waals surface area contributed by atoms with E-state index in [4.69, 9.17) is 0 Å². The summed E-state index contributed by atoms with van der Waals surface area (Å²) in [6, 6.07) is 0. The Labute approximate surface area is 138 Å². The Bertz CT molecular complexity index is 298. The van der Waals surface area contributed by atoms with Crippen LogP contribution < -0.4 is 0 Å². The van der Waals surface area contributed by atoms with Crippen LogP contribution in [0, 0.1) is 23.7 Å². The van der Waals surface area contributed by atoms with E-state index in [0.717, 1.165) is 24.2 Å². The van der Waals surface area contributed by atoms with Crippen LogP contribution in [0.2, 0.25) is 0 Å². The van der Waals surface area contributed by atoms with Gasteiger partial charge in [0, 0.05) is 5.92 Å². The van der Waals surface area contributed by atoms with Gasteiger partial charge in [-0.05, 0) is 43.4 Å². The Kier molecular flexibility index (Phi) is 8.55. The average Bonchev–Trinajstić information content (AvgIpc) is 2.54. The second kappa shape index (κ2) is 10.4. The van der Waals surface area contributed by atoms with Gasteiger partial charge in [-0.15, -0.1) is 0 Å². The minimum atomic E-state index is 0.391. The lowest BCUT2D eigenvalue weighted by Crippen LogP contribution is -2.20. The van der Waals surface area contributed by atoms with Gasteiger partial charge in [0.15, 0.2) is 0 Å². The first kappa shape index (κ1) is 18.0. The first-order valence-electron chi connectivity index (χ1n) is 10.2. The molecule has 4 unspecified atom stereocenters. The van der Waals surface area contributed by atoms with Gasteiger partial charge in [0.2, 0.25) is 0 Å². The van der Waals surface area contributed by atoms with Crippen LogP contribution in [-0.2, 0) is 4.79 Å². The summed E-state index contributed by atoms with van der Waals surface area (Å²) in [7, 11) is 0. The van der Waals surface area contributed by atoms with E-state index in [1.54, 1.807) is 0 Å². The van der Waals surface area contributed by atoms with Crippen molar-refractivity contribution in [2.24, 2.45) is 23.7 Å². The van der Waals surface area contributed by atoms with E-state index >= 15 is 0 Å². The molecule has 22 heavy (non-hydrogen) atoms. The number of aldehydes is 1. The zero-order valence-corrected chi connectivity index (χ0v) is 14.9. The SMILES string of the molecule is CC1CCCC(CCCCCCCC2CCCCC2C=O)C1. The zero-order valence-electron chi connectivity index (χ0n) is 14.9. The number of unbranched alkanes of at least 4 members (excludes halogenated alkanes) is 4. The first-order chi connectivity index (χ1) is 10.8. The molecule has 2 aliphatic carbocycles. The average molecular weight is 307 g/mol. The summed E-state index contributed by atoms with van der Waals surface area (Å²) in [6.45, 7) is 2.43. The molecular formula is C21H38O. The van der Waals surface area contributed by atoms with Gasteiger partial charge in [-0.3, -0.25) is 0 Å². The molecule has 0 radical (unpaired) electrons. The van der Waals surface area contributed by atoms with Crippen LogP contribution in [0.4, 0.5) is 0 Å². The summed E-state index contributed by atoms with van der Waals surface area (Å²) >= 11 is 0. The first-order valence-corrected chi connectivity index (χ1v) is 10.2. The molecule has 2 rings (SSSR count). The number of rotatable bonds is 9. The quantitative estimate of drug-likeness (QED) is 0.349. The van der Waals surface area contributed by atoms with Crippen molar-refractivity contribution in [1.29, 1.82) is 0 Å². The Morgan fingerprint density at radius 2 is 1.55 bits per heavy atom. The minimum absolute atomic E-state index is 0.391. The summed E-state index contributed by atoms with van der Waals surface area (Å²) in [5.74, 6) is 3.14. The van der Waals surface area contributed by atoms with E-state index in [1.165, 1.54) is 96.2 Å². The highest BCUT2D eigenvalue weighted by molar-refractivity contribution is 5.54. The summed E-state index contributed by atoms with van der Waals surface area (Å²) in [5.41, 5.74) is 0. The molecule has 2 saturated carbocycles. The van der Waals surface area contributed by atoms with E-state index in [0.29, 0.717) is 5.92 Å². The highest BCUT2D eigenvalue weighted by Crippen LogP contribution is 2.33. The molecule has 1 nitrogen and oxygen atoms in total. The van der Waals surface area contributed by atoms with Gasteiger partial charge in [0.25, 0.3) is 0 Å². The van der Waals surface area contributed by atoms with Crippen molar-refractivity contribution >= 4 is 6.29 Å². The van der Waals surface area contributed by atoms with E-state index in [2.05, 4.69) is 6.92 Å². The van der Waals surface area contributed by atoms with Crippen molar-refractivity contribution in [2.45, 2.75) is 103 Å². The fraction of sp³-hybridized carbons (Fsp3) is 0.952. The lowest BCUT2D eigenvalue weighted by Gasteiger charge is -2.27. The number of hydrogen-bond donors (Lipinski definition) is 0. The maximum Gasteiger partial charge on any atom is 0.123 e. The van der Waals surface area contributed by atoms with Gasteiger partial charge in [-0.1, -0.05) is 77.6 Å². The highest BCUT2D eigenvalue weighted by Gasteiger charge is 2.23. The molecule has 0 heterocycles. The largest absolute Gasteiger partial charge is 0.303 e. The molecule has 0 spiro atoms. The molecule has 0 aliphatic heterocycles. The molecule has 128 valence electrons. The molecule has 0 aromatic rings. The second-order valence-corrected chi connectivity index (χ2v) is 8.33. The maximum absolute atomic E-state index is 11.1. The Hall–Kier alpha value is -0.330. The van der Waals surface area contributed by atoms with Crippen LogP contribution in [0.25, 0.3) is 0 Å². The molecule has 0 saturated heterocycles. The van der Waals surface area contributed by atoms with Crippen molar-refractivity contribution in [1.82, 2.24) is 0 Å². The Balaban J connectivity index is 1.44. The third kappa shape index (κ3) is 6.42. The van der Waals surface area contributed by atoms with Crippen molar-refractivity contribution in [3.63, 3.8) is 0 Å². The number of carbonyl (C=O) groups is 1. The second-order valence-electron chi connectivity index (χ2n) is 8.33. The normalized spacial score (nSPS) is 32.8. The van der Waals surface area contributed by atoms with Crippen LogP contribution in [0.1, 0.15) is 103 Å². The predicted octanol–water partition coefficient (Wildman–Crippen LogP) is 6.55. The van der Waals surface area contributed by atoms with Gasteiger partial charge in [0.05, 0.1) is 0 Å². The molecule has 2 fully saturated rings. The predicted molar refractivity (Wildman–Crippen MR) is 95.0 cm³/mol. The smallest absolute Gasteiger partial charge is 0.123 e. The Morgan fingerprint density at radius 1 is 0.818 bits per heavy atom. The number of carbonyl (C=O) groups excluding carboxylic acids is 1. The lowest BCUT2D eigenvalue weighted by atomic mass is 9.77. The summed E-state index contributed by atoms with van der Waals surface area (Å²) < 4.78 is 0. The van der Waals surface area contributed by atoms with E-state index in [1.807, 2.05) is 0 Å². The van der Waals surface area contributed by atoms with Crippen molar-refractivity contribution in [3.8, 4) is 0 Å². The molecule has 0 aromatic carbocycles. The number of hydrogen-bond acceptors (Lipinski definition) is 1. The van der Waals surface area contributed by atoms with Crippen LogP contribution in [0.5, 0.6) is 0 Å². The highest BCUT2D eigenvalue weighted by atomic mass is 16.1. The molecule has 0 aromatic heterocycles. The van der Waals surface area contributed by atoms with Crippen molar-refractivity contribution in [3.05, 3.63) is 0 Å². The fourth-order valence-corrected chi connectivity index (χ4v) is 4.97. The van der Waals surface area contributed by atoms with Crippen molar-refractivity contribution < 1.29 is 4.79 Å². The van der Waals surface area contributed by atoms with Crippen LogP contribution in [0.15, 0.2) is 0 Å². The van der Waals surface area contributed by atoms with Crippen molar-refractivity contribution in [2.75, 3.05) is 0 Å². The summed E-state index contributed by atoms with van der Waals surface area (Å²) in [4.78, 5) is 11.1. The van der Waals surface area contributed by atoms with Gasteiger partial charge in [0.1, 0.15) is 6.29 Å². The fourth-order valence-electron chi connectivity index (χ4n) is 4.97. The van der Waals surface area contributed by atoms with Gasteiger partial charge >= 0.3 is 0 Å². The molecule has 2 aliphatic rings. The molecule has 1 heteroatoms. The summed E-state index contributed by atoms with van der Waals surface area (Å²) in [5, 5.41) is 0. The molecule has 0 N–H and O–H groups in total. The third-order valence-electron chi connectivity index (χ3n) is 6.37. The van der Waals surface area contributed by atoms with Gasteiger partial charge in [-0.2, -0.15) is 0 Å².